The third kappa shape index (κ3) is 4.46. The Balaban J connectivity index is 2.38. The van der Waals surface area contributed by atoms with E-state index in [4.69, 9.17) is 10.5 Å². The van der Waals surface area contributed by atoms with E-state index in [9.17, 15) is 4.79 Å². The fourth-order valence-corrected chi connectivity index (χ4v) is 2.99. The van der Waals surface area contributed by atoms with Crippen LogP contribution in [0, 0.1) is 0 Å². The van der Waals surface area contributed by atoms with Crippen LogP contribution in [-0.2, 0) is 9.53 Å². The van der Waals surface area contributed by atoms with Crippen molar-refractivity contribution in [1.82, 2.24) is 4.90 Å². The molecule has 1 rings (SSSR count). The van der Waals surface area contributed by atoms with Crippen LogP contribution in [0.3, 0.4) is 0 Å². The Labute approximate surface area is 117 Å². The number of ether oxygens (including phenoxy) is 1. The van der Waals surface area contributed by atoms with Gasteiger partial charge in [-0.15, -0.1) is 0 Å². The van der Waals surface area contributed by atoms with Crippen LogP contribution < -0.4 is 5.73 Å². The van der Waals surface area contributed by atoms with Gasteiger partial charge in [0.1, 0.15) is 5.54 Å². The third-order valence-corrected chi connectivity index (χ3v) is 4.28. The van der Waals surface area contributed by atoms with Crippen LogP contribution in [0.4, 0.5) is 0 Å². The molecule has 112 valence electrons. The molecule has 0 aromatic rings. The number of hydrogen-bond acceptors (Lipinski definition) is 4. The molecule has 0 saturated carbocycles. The Morgan fingerprint density at radius 3 is 2.68 bits per heavy atom. The molecule has 1 saturated heterocycles. The quantitative estimate of drug-likeness (QED) is 0.721. The molecule has 4 heteroatoms. The molecule has 0 aromatic heterocycles. The predicted molar refractivity (Wildman–Crippen MR) is 77.9 cm³/mol. The van der Waals surface area contributed by atoms with Crippen LogP contribution >= 0.6 is 0 Å². The van der Waals surface area contributed by atoms with Crippen LogP contribution in [0.5, 0.6) is 0 Å². The van der Waals surface area contributed by atoms with Gasteiger partial charge in [0, 0.05) is 12.1 Å². The van der Waals surface area contributed by atoms with Gasteiger partial charge >= 0.3 is 5.97 Å². The number of esters is 1. The highest BCUT2D eigenvalue weighted by molar-refractivity contribution is 5.79. The molecule has 1 fully saturated rings. The lowest BCUT2D eigenvalue weighted by molar-refractivity contribution is -0.149. The molecule has 0 bridgehead atoms. The fraction of sp³-hybridized carbons (Fsp3) is 0.933. The van der Waals surface area contributed by atoms with E-state index in [1.807, 2.05) is 6.92 Å². The number of carbonyl (C=O) groups is 1. The fourth-order valence-electron chi connectivity index (χ4n) is 2.99. The van der Waals surface area contributed by atoms with Crippen molar-refractivity contribution in [2.75, 3.05) is 13.2 Å². The van der Waals surface area contributed by atoms with E-state index in [1.54, 1.807) is 6.92 Å². The average molecular weight is 270 g/mol. The molecule has 1 aliphatic rings. The molecule has 4 nitrogen and oxygen atoms in total. The normalized spacial score (nSPS) is 27.2. The maximum Gasteiger partial charge on any atom is 0.325 e. The van der Waals surface area contributed by atoms with Gasteiger partial charge in [-0.05, 0) is 59.4 Å². The summed E-state index contributed by atoms with van der Waals surface area (Å²) in [5.74, 6) is -0.281. The molecule has 2 N–H and O–H groups in total. The summed E-state index contributed by atoms with van der Waals surface area (Å²) in [6, 6.07) is 1.37. The van der Waals surface area contributed by atoms with Crippen molar-refractivity contribution >= 4 is 5.97 Å². The molecular weight excluding hydrogens is 240 g/mol. The van der Waals surface area contributed by atoms with Gasteiger partial charge in [-0.3, -0.25) is 9.69 Å². The number of nitrogens with zero attached hydrogens (tertiary/aromatic N) is 1. The molecule has 0 aliphatic carbocycles. The smallest absolute Gasteiger partial charge is 0.325 e. The lowest BCUT2D eigenvalue weighted by atomic mass is 9.97. The molecule has 0 amide bonds. The van der Waals surface area contributed by atoms with Gasteiger partial charge in [0.15, 0.2) is 0 Å². The maximum atomic E-state index is 11.7. The van der Waals surface area contributed by atoms with Crippen molar-refractivity contribution in [3.8, 4) is 0 Å². The van der Waals surface area contributed by atoms with Gasteiger partial charge in [-0.25, -0.2) is 0 Å². The zero-order valence-corrected chi connectivity index (χ0v) is 12.9. The van der Waals surface area contributed by atoms with Crippen molar-refractivity contribution in [3.63, 3.8) is 0 Å². The highest BCUT2D eigenvalue weighted by Crippen LogP contribution is 2.26. The molecule has 1 aliphatic heterocycles. The van der Waals surface area contributed by atoms with Gasteiger partial charge in [0.05, 0.1) is 6.61 Å². The van der Waals surface area contributed by atoms with Gasteiger partial charge < -0.3 is 10.5 Å². The Morgan fingerprint density at radius 1 is 1.42 bits per heavy atom. The summed E-state index contributed by atoms with van der Waals surface area (Å²) in [6.07, 6.45) is 5.44. The van der Waals surface area contributed by atoms with E-state index in [0.29, 0.717) is 25.1 Å². The van der Waals surface area contributed by atoms with Crippen LogP contribution in [0.25, 0.3) is 0 Å². The van der Waals surface area contributed by atoms with Crippen LogP contribution in [0.2, 0.25) is 0 Å². The van der Waals surface area contributed by atoms with Crippen LogP contribution in [0.1, 0.15) is 59.8 Å². The summed E-state index contributed by atoms with van der Waals surface area (Å²) in [5, 5.41) is 0. The molecule has 19 heavy (non-hydrogen) atoms. The molecule has 0 radical (unpaired) electrons. The van der Waals surface area contributed by atoms with Crippen molar-refractivity contribution in [2.45, 2.75) is 77.4 Å². The van der Waals surface area contributed by atoms with Crippen molar-refractivity contribution in [1.29, 1.82) is 0 Å². The molecule has 0 aromatic carbocycles. The van der Waals surface area contributed by atoms with Gasteiger partial charge in [0.2, 0.25) is 0 Å². The molecular formula is C15H30N2O2. The topological polar surface area (TPSA) is 55.6 Å². The number of likely N-dealkylation sites (tertiary alicyclic amines) is 1. The van der Waals surface area contributed by atoms with E-state index >= 15 is 0 Å². The number of carbonyl (C=O) groups excluding carboxylic acids is 1. The minimum absolute atomic E-state index is 0.281. The first kappa shape index (κ1) is 16.4. The van der Waals surface area contributed by atoms with Crippen molar-refractivity contribution < 1.29 is 9.53 Å². The zero-order valence-electron chi connectivity index (χ0n) is 12.9. The molecule has 0 spiro atoms. The second kappa shape index (κ2) is 7.25. The highest BCUT2D eigenvalue weighted by Gasteiger charge is 2.32. The molecule has 3 atom stereocenters. The summed E-state index contributed by atoms with van der Waals surface area (Å²) in [6.45, 7) is 9.56. The Morgan fingerprint density at radius 2 is 2.11 bits per heavy atom. The largest absolute Gasteiger partial charge is 0.465 e. The lowest BCUT2D eigenvalue weighted by Crippen LogP contribution is -2.47. The Bertz CT molecular complexity index is 292. The van der Waals surface area contributed by atoms with E-state index in [0.717, 1.165) is 13.0 Å². The van der Waals surface area contributed by atoms with Crippen LogP contribution in [-0.4, -0.2) is 41.6 Å². The summed E-state index contributed by atoms with van der Waals surface area (Å²) >= 11 is 0. The highest BCUT2D eigenvalue weighted by atomic mass is 16.5. The predicted octanol–water partition coefficient (Wildman–Crippen LogP) is 2.31. The van der Waals surface area contributed by atoms with Gasteiger partial charge in [-0.2, -0.15) is 0 Å². The second-order valence-electron chi connectivity index (χ2n) is 5.97. The first-order valence-corrected chi connectivity index (χ1v) is 7.64. The summed E-state index contributed by atoms with van der Waals surface area (Å²) < 4.78 is 5.02. The standard InChI is InChI=1S/C15H30N2O2/c1-5-13-9-8-12(3)17(13)11-7-10-15(4,16)14(18)19-6-2/h12-13H,5-11,16H2,1-4H3. The summed E-state index contributed by atoms with van der Waals surface area (Å²) in [5.41, 5.74) is 5.19. The van der Waals surface area contributed by atoms with E-state index in [1.165, 1.54) is 19.3 Å². The van der Waals surface area contributed by atoms with Crippen molar-refractivity contribution in [2.24, 2.45) is 5.73 Å². The minimum atomic E-state index is -0.847. The zero-order chi connectivity index (χ0) is 14.5. The lowest BCUT2D eigenvalue weighted by Gasteiger charge is -2.29. The number of hydrogen-bond donors (Lipinski definition) is 1. The van der Waals surface area contributed by atoms with E-state index < -0.39 is 5.54 Å². The Hall–Kier alpha value is -0.610. The second-order valence-corrected chi connectivity index (χ2v) is 5.97. The van der Waals surface area contributed by atoms with Gasteiger partial charge in [0.25, 0.3) is 0 Å². The summed E-state index contributed by atoms with van der Waals surface area (Å²) in [7, 11) is 0. The van der Waals surface area contributed by atoms with Gasteiger partial charge in [-0.1, -0.05) is 6.92 Å². The van der Waals surface area contributed by atoms with E-state index in [-0.39, 0.29) is 5.97 Å². The SMILES string of the molecule is CCOC(=O)C(C)(N)CCCN1C(C)CCC1CC. The monoisotopic (exact) mass is 270 g/mol. The van der Waals surface area contributed by atoms with Crippen LogP contribution in [0.15, 0.2) is 0 Å². The average Bonchev–Trinajstić information content (AvgIpc) is 2.70. The van der Waals surface area contributed by atoms with Crippen molar-refractivity contribution in [3.05, 3.63) is 0 Å². The maximum absolute atomic E-state index is 11.7. The van der Waals surface area contributed by atoms with E-state index in [2.05, 4.69) is 18.7 Å². The first-order chi connectivity index (χ1) is 8.92. The minimum Gasteiger partial charge on any atom is -0.465 e. The number of rotatable bonds is 7. The Kier molecular flexibility index (Phi) is 6.27. The summed E-state index contributed by atoms with van der Waals surface area (Å²) in [4.78, 5) is 14.3. The first-order valence-electron chi connectivity index (χ1n) is 7.64. The number of nitrogens with two attached hydrogens (primary N) is 1. The molecule has 3 unspecified atom stereocenters. The third-order valence-electron chi connectivity index (χ3n) is 4.28. The molecule has 1 heterocycles.